The number of aromatic nitrogens is 4. The molecule has 200 valence electrons. The lowest BCUT2D eigenvalue weighted by Gasteiger charge is -2.15. The lowest BCUT2D eigenvalue weighted by atomic mass is 10.0. The average Bonchev–Trinajstić information content (AvgIpc) is 2.94. The van der Waals surface area contributed by atoms with Crippen LogP contribution in [0.15, 0.2) is 81.7 Å². The molecular formula is C25H25N9O5. The summed E-state index contributed by atoms with van der Waals surface area (Å²) in [5.74, 6) is -1.61. The molecule has 0 fully saturated rings. The van der Waals surface area contributed by atoms with Gasteiger partial charge in [0.25, 0.3) is 11.5 Å². The van der Waals surface area contributed by atoms with E-state index >= 15 is 0 Å². The van der Waals surface area contributed by atoms with Gasteiger partial charge in [-0.1, -0.05) is 18.2 Å². The van der Waals surface area contributed by atoms with Crippen molar-refractivity contribution in [1.82, 2.24) is 25.3 Å². The smallest absolute Gasteiger partial charge is 0.308 e. The fraction of sp³-hybridized carbons (Fsp3) is 0.200. The average molecular weight is 532 g/mol. The van der Waals surface area contributed by atoms with E-state index in [2.05, 4.69) is 47.5 Å². The summed E-state index contributed by atoms with van der Waals surface area (Å²) in [5.41, 5.74) is 7.52. The standard InChI is InChI=1S/C25H25N9O5/c1-3-16(33-38)8-4-14(2)5-11-19(23(36)34-39)30-22(35)15-6-9-17(10-7-15)27-12-18-13-28-21-20(29-18)24(37)32-25(26)31-21/h3-4,6-10,13,19,27H,1,5,11-12H2,2H3,(H,30,35)(H3,26,28,31,32,37)/b14-4+,16-8+/t19-/m0/s1. The van der Waals surface area contributed by atoms with E-state index in [0.717, 1.165) is 5.57 Å². The van der Waals surface area contributed by atoms with Crippen LogP contribution in [0.4, 0.5) is 11.6 Å². The van der Waals surface area contributed by atoms with E-state index in [9.17, 15) is 24.2 Å². The highest BCUT2D eigenvalue weighted by Gasteiger charge is 2.22. The molecule has 14 nitrogen and oxygen atoms in total. The minimum absolute atomic E-state index is 0.0505. The van der Waals surface area contributed by atoms with Gasteiger partial charge in [-0.25, -0.2) is 9.97 Å². The van der Waals surface area contributed by atoms with Gasteiger partial charge in [-0.3, -0.25) is 19.4 Å². The van der Waals surface area contributed by atoms with Crippen LogP contribution in [0, 0.1) is 9.81 Å². The fourth-order valence-corrected chi connectivity index (χ4v) is 3.37. The van der Waals surface area contributed by atoms with Gasteiger partial charge in [0.2, 0.25) is 5.95 Å². The minimum Gasteiger partial charge on any atom is -0.379 e. The zero-order valence-electron chi connectivity index (χ0n) is 20.9. The minimum atomic E-state index is -1.12. The molecule has 3 rings (SSSR count). The van der Waals surface area contributed by atoms with Gasteiger partial charge in [-0.05, 0) is 61.4 Å². The number of anilines is 2. The molecule has 0 bridgehead atoms. The third-order valence-electron chi connectivity index (χ3n) is 5.48. The summed E-state index contributed by atoms with van der Waals surface area (Å²) in [6.07, 6.45) is 6.35. The van der Waals surface area contributed by atoms with Crippen molar-refractivity contribution in [2.24, 2.45) is 10.4 Å². The van der Waals surface area contributed by atoms with E-state index in [0.29, 0.717) is 17.8 Å². The SMILES string of the molecule is C=C/C(=C\C=C(/C)CC[C@H](NC(=O)c1ccc(NCc2cnc3nc(N)[nH]c(=O)c3n2)cc1)C(=O)N=O)N=O. The van der Waals surface area contributed by atoms with E-state index in [-0.39, 0.29) is 41.3 Å². The predicted molar refractivity (Wildman–Crippen MR) is 145 cm³/mol. The van der Waals surface area contributed by atoms with Gasteiger partial charge in [-0.2, -0.15) is 4.98 Å². The number of nitrogens with zero attached hydrogens (tertiary/aromatic N) is 5. The molecule has 0 aliphatic heterocycles. The van der Waals surface area contributed by atoms with Crippen LogP contribution >= 0.6 is 0 Å². The molecule has 3 aromatic rings. The third kappa shape index (κ3) is 7.79. The Morgan fingerprint density at radius 3 is 2.56 bits per heavy atom. The van der Waals surface area contributed by atoms with E-state index in [4.69, 9.17) is 5.73 Å². The summed E-state index contributed by atoms with van der Waals surface area (Å²) >= 11 is 0. The number of benzene rings is 1. The van der Waals surface area contributed by atoms with Gasteiger partial charge < -0.3 is 16.4 Å². The Balaban J connectivity index is 1.61. The summed E-state index contributed by atoms with van der Waals surface area (Å²) in [5, 5.41) is 10.9. The molecule has 2 amide bonds. The van der Waals surface area contributed by atoms with Crippen LogP contribution in [0.2, 0.25) is 0 Å². The van der Waals surface area contributed by atoms with Gasteiger partial charge in [0.1, 0.15) is 11.7 Å². The molecule has 1 atom stereocenters. The number of nitroso groups, excluding NO2 is 2. The van der Waals surface area contributed by atoms with E-state index in [1.807, 2.05) is 0 Å². The lowest BCUT2D eigenvalue weighted by Crippen LogP contribution is -2.40. The van der Waals surface area contributed by atoms with Gasteiger partial charge >= 0.3 is 5.91 Å². The first-order valence-electron chi connectivity index (χ1n) is 11.6. The van der Waals surface area contributed by atoms with Crippen LogP contribution in [0.1, 0.15) is 35.8 Å². The van der Waals surface area contributed by atoms with Crippen molar-refractivity contribution in [2.45, 2.75) is 32.4 Å². The molecule has 5 N–H and O–H groups in total. The molecule has 0 spiro atoms. The first-order chi connectivity index (χ1) is 18.7. The first-order valence-corrected chi connectivity index (χ1v) is 11.6. The van der Waals surface area contributed by atoms with Crippen LogP contribution < -0.4 is 21.9 Å². The summed E-state index contributed by atoms with van der Waals surface area (Å²) in [7, 11) is 0. The maximum atomic E-state index is 12.7. The maximum Gasteiger partial charge on any atom is 0.308 e. The highest BCUT2D eigenvalue weighted by Crippen LogP contribution is 2.14. The quantitative estimate of drug-likeness (QED) is 0.198. The predicted octanol–water partition coefficient (Wildman–Crippen LogP) is 2.86. The number of hydrogen-bond donors (Lipinski definition) is 4. The van der Waals surface area contributed by atoms with E-state index in [1.165, 1.54) is 30.5 Å². The second-order valence-electron chi connectivity index (χ2n) is 8.31. The number of nitrogen functional groups attached to an aromatic ring is 1. The van der Waals surface area contributed by atoms with Crippen molar-refractivity contribution in [3.63, 3.8) is 0 Å². The molecule has 0 unspecified atom stereocenters. The summed E-state index contributed by atoms with van der Waals surface area (Å²) in [4.78, 5) is 72.8. The number of allylic oxidation sites excluding steroid dienone is 4. The molecule has 0 saturated heterocycles. The van der Waals surface area contributed by atoms with Gasteiger partial charge in [0.05, 0.1) is 18.4 Å². The van der Waals surface area contributed by atoms with E-state index < -0.39 is 23.4 Å². The molecule has 2 aromatic heterocycles. The Labute approximate surface area is 221 Å². The van der Waals surface area contributed by atoms with Crippen molar-refractivity contribution in [3.05, 3.63) is 98.0 Å². The number of carbonyl (C=O) groups is 2. The number of carbonyl (C=O) groups excluding carboxylic acids is 2. The maximum absolute atomic E-state index is 12.7. The largest absolute Gasteiger partial charge is 0.379 e. The van der Waals surface area contributed by atoms with Crippen molar-refractivity contribution in [3.8, 4) is 0 Å². The van der Waals surface area contributed by atoms with Gasteiger partial charge in [0.15, 0.2) is 11.2 Å². The van der Waals surface area contributed by atoms with Gasteiger partial charge in [-0.15, -0.1) is 9.81 Å². The number of amides is 2. The summed E-state index contributed by atoms with van der Waals surface area (Å²) in [6, 6.07) is 5.24. The number of nitrogens with two attached hydrogens (primary N) is 1. The van der Waals surface area contributed by atoms with Crippen LogP contribution in [0.3, 0.4) is 0 Å². The number of nitrogens with one attached hydrogen (secondary N) is 3. The van der Waals surface area contributed by atoms with Crippen molar-refractivity contribution in [1.29, 1.82) is 0 Å². The molecule has 0 radical (unpaired) electrons. The van der Waals surface area contributed by atoms with Gasteiger partial charge in [0, 0.05) is 16.4 Å². The number of hydrogen-bond acceptors (Lipinski definition) is 11. The number of aromatic amines is 1. The highest BCUT2D eigenvalue weighted by molar-refractivity contribution is 5.97. The molecule has 2 heterocycles. The monoisotopic (exact) mass is 531 g/mol. The Bertz CT molecular complexity index is 1520. The first kappa shape index (κ1) is 28.2. The molecule has 0 aliphatic carbocycles. The molecule has 39 heavy (non-hydrogen) atoms. The molecule has 1 aromatic carbocycles. The van der Waals surface area contributed by atoms with Crippen LogP contribution in [0.25, 0.3) is 11.2 Å². The Morgan fingerprint density at radius 2 is 1.90 bits per heavy atom. The Kier molecular flexibility index (Phi) is 9.56. The zero-order chi connectivity index (χ0) is 28.4. The molecule has 14 heteroatoms. The number of H-pyrrole nitrogens is 1. The summed E-state index contributed by atoms with van der Waals surface area (Å²) in [6.45, 7) is 5.47. The summed E-state index contributed by atoms with van der Waals surface area (Å²) < 4.78 is 0. The second kappa shape index (κ2) is 13.2. The highest BCUT2D eigenvalue weighted by atomic mass is 16.3. The third-order valence-corrected chi connectivity index (χ3v) is 5.48. The van der Waals surface area contributed by atoms with Crippen LogP contribution in [-0.2, 0) is 11.3 Å². The molecule has 0 aliphatic rings. The fourth-order valence-electron chi connectivity index (χ4n) is 3.37. The Morgan fingerprint density at radius 1 is 1.15 bits per heavy atom. The van der Waals surface area contributed by atoms with Crippen molar-refractivity contribution < 1.29 is 9.59 Å². The zero-order valence-corrected chi connectivity index (χ0v) is 20.9. The van der Waals surface area contributed by atoms with Crippen LogP contribution in [0.5, 0.6) is 0 Å². The Hall–Kier alpha value is -5.40. The number of fused-ring (bicyclic) bond motifs is 1. The topological polar surface area (TPSA) is 215 Å². The second-order valence-corrected chi connectivity index (χ2v) is 8.31. The number of rotatable bonds is 12. The lowest BCUT2D eigenvalue weighted by molar-refractivity contribution is -0.119. The van der Waals surface area contributed by atoms with Crippen molar-refractivity contribution >= 4 is 34.6 Å². The normalized spacial score (nSPS) is 12.4. The van der Waals surface area contributed by atoms with Crippen LogP contribution in [-0.4, -0.2) is 37.8 Å². The molecular weight excluding hydrogens is 506 g/mol. The molecule has 0 saturated carbocycles. The van der Waals surface area contributed by atoms with Crippen molar-refractivity contribution in [2.75, 3.05) is 11.1 Å². The van der Waals surface area contributed by atoms with E-state index in [1.54, 1.807) is 25.1 Å².